The Kier molecular flexibility index (Phi) is 79.4. The molecule has 1 fully saturated rings. The quantitative estimate of drug-likeness (QED) is 0.0366. The number of pyridine rings is 1. The van der Waals surface area contributed by atoms with Crippen LogP contribution in [0.4, 0.5) is 0 Å². The molecule has 12 nitrogen and oxygen atoms in total. The number of aromatic nitrogens is 1. The van der Waals surface area contributed by atoms with E-state index in [-0.39, 0.29) is 36.5 Å². The molecule has 0 aliphatic carbocycles. The number of nitrogens with zero attached hydrogens (tertiary/aromatic N) is 5. The number of allylic oxidation sites excluding steroid dienone is 2. The van der Waals surface area contributed by atoms with Crippen LogP contribution >= 0.6 is 0 Å². The first kappa shape index (κ1) is 110. The monoisotopic (exact) mass is 1640 g/mol. The lowest BCUT2D eigenvalue weighted by molar-refractivity contribution is -0.150. The Morgan fingerprint density at radius 2 is 0.726 bits per heavy atom. The third-order valence-electron chi connectivity index (χ3n) is 26.1. The Morgan fingerprint density at radius 3 is 1.16 bits per heavy atom. The van der Waals surface area contributed by atoms with Gasteiger partial charge >= 0.3 is 11.9 Å². The number of unbranched alkanes of at least 4 members (excludes halogenated alkanes) is 38. The lowest BCUT2D eigenvalue weighted by Gasteiger charge is -2.36. The van der Waals surface area contributed by atoms with Crippen LogP contribution in [0.15, 0.2) is 48.8 Å². The van der Waals surface area contributed by atoms with Crippen LogP contribution in [0.2, 0.25) is 0 Å². The van der Waals surface area contributed by atoms with Crippen molar-refractivity contribution < 1.29 is 34.0 Å². The molecule has 0 aromatic carbocycles. The molecule has 2 heterocycles. The molecule has 1 aromatic heterocycles. The molecule has 117 heavy (non-hydrogen) atoms. The molecule has 1 saturated heterocycles. The van der Waals surface area contributed by atoms with E-state index in [1.165, 1.54) is 295 Å². The second-order valence-electron chi connectivity index (χ2n) is 37.0. The summed E-state index contributed by atoms with van der Waals surface area (Å²) in [4.78, 5) is 42.0. The summed E-state index contributed by atoms with van der Waals surface area (Å²) in [6.07, 6.45) is 92.6. The van der Waals surface area contributed by atoms with E-state index in [0.29, 0.717) is 32.3 Å². The molecule has 12 heteroatoms. The van der Waals surface area contributed by atoms with Gasteiger partial charge in [-0.1, -0.05) is 394 Å². The van der Waals surface area contributed by atoms with E-state index >= 15 is 0 Å². The zero-order valence-corrected chi connectivity index (χ0v) is 79.2. The Bertz CT molecular complexity index is 2280. The molecule has 0 bridgehead atoms. The van der Waals surface area contributed by atoms with E-state index in [0.717, 1.165) is 198 Å². The number of rotatable bonds is 90. The van der Waals surface area contributed by atoms with Crippen molar-refractivity contribution in [2.75, 3.05) is 105 Å². The summed E-state index contributed by atoms with van der Waals surface area (Å²) < 4.78 is 18.7. The molecular formula is C105H199N5O7. The molecule has 0 radical (unpaired) electrons. The summed E-state index contributed by atoms with van der Waals surface area (Å²) >= 11 is 0. The lowest BCUT2D eigenvalue weighted by atomic mass is 9.84. The maximum Gasteiger partial charge on any atom is 0.308 e. The third kappa shape index (κ3) is 67.4. The predicted octanol–water partition coefficient (Wildman–Crippen LogP) is 28.7. The first-order valence-corrected chi connectivity index (χ1v) is 51.8. The highest BCUT2D eigenvalue weighted by molar-refractivity contribution is 5.72. The van der Waals surface area contributed by atoms with E-state index in [9.17, 15) is 19.8 Å². The molecule has 2 N–H and O–H groups in total. The zero-order valence-electron chi connectivity index (χ0n) is 79.2. The molecular weight excluding hydrogens is 1440 g/mol. The SMILES string of the molecule is CCCCCCCCC(CCC/C=C\CCN(CC/C=C/CCCC(CCCCCC)CCCCCCCC)CC(O)c1ccncc1)CCCCCCC(CCCC)CC(CCCCCCCC)C(=O)OCCCCCCN(CCCCCCOC(=O)C(CCCCCC)CCCCCCCC)CC(CN1CCN(C)CC1)OCCO. The van der Waals surface area contributed by atoms with Gasteiger partial charge in [0.25, 0.3) is 0 Å². The number of esters is 2. The number of aliphatic hydroxyl groups is 2. The summed E-state index contributed by atoms with van der Waals surface area (Å²) in [6, 6.07) is 3.93. The Balaban J connectivity index is 1.99. The molecule has 686 valence electrons. The Hall–Kier alpha value is -2.71. The van der Waals surface area contributed by atoms with E-state index in [2.05, 4.69) is 104 Å². The van der Waals surface area contributed by atoms with Gasteiger partial charge in [-0.3, -0.25) is 24.4 Å². The molecule has 1 aliphatic heterocycles. The van der Waals surface area contributed by atoms with Crippen molar-refractivity contribution in [1.82, 2.24) is 24.6 Å². The standard InChI is InChI=1S/C105H199N5O7/c1-9-16-23-29-35-50-67-96(66-49-27-20-13-5)69-52-37-33-43-59-82-109(95-103(112)99-76-78-106-79-77-99)83-60-44-34-38-53-70-97(68-51-36-30-24-17-10-2)71-54-41-42-55-72-98(65-22-15-7)92-101(75-58-40-32-26-19-12-4)105(114)117-90-64-48-46-62-81-108(93-102(115-91-88-111)94-110-86-84-107(8)85-87-110)80-61-45-47-63-89-116-104(113)100(73-56-28-21-14-6)74-57-39-31-25-18-11-3/h33-34,43-44,76-79,96-98,100-103,111-112H,9-32,35-42,45-75,80-95H2,1-8H3/b43-33+,44-34-. The highest BCUT2D eigenvalue weighted by atomic mass is 16.5. The third-order valence-corrected chi connectivity index (χ3v) is 26.1. The maximum atomic E-state index is 14.3. The molecule has 1 aromatic rings. The number of ether oxygens (including phenoxy) is 3. The summed E-state index contributed by atoms with van der Waals surface area (Å²) in [5.74, 6) is 2.51. The normalized spacial score (nSPS) is 15.0. The molecule has 2 rings (SSSR count). The fourth-order valence-electron chi connectivity index (χ4n) is 18.2. The number of carbonyl (C=O) groups is 2. The zero-order chi connectivity index (χ0) is 84.4. The second-order valence-corrected chi connectivity index (χ2v) is 37.0. The van der Waals surface area contributed by atoms with Crippen LogP contribution < -0.4 is 0 Å². The van der Waals surface area contributed by atoms with E-state index in [1.54, 1.807) is 12.4 Å². The number of hydrogen-bond donors (Lipinski definition) is 2. The summed E-state index contributed by atoms with van der Waals surface area (Å²) in [5.41, 5.74) is 0.955. The van der Waals surface area contributed by atoms with Crippen molar-refractivity contribution in [3.8, 4) is 0 Å². The van der Waals surface area contributed by atoms with Gasteiger partial charge in [0, 0.05) is 71.3 Å². The van der Waals surface area contributed by atoms with Gasteiger partial charge in [-0.15, -0.1) is 0 Å². The summed E-state index contributed by atoms with van der Waals surface area (Å²) in [5, 5.41) is 21.2. The second kappa shape index (κ2) is 84.1. The molecule has 7 atom stereocenters. The molecule has 1 aliphatic rings. The Labute approximate surface area is 727 Å². The van der Waals surface area contributed by atoms with Crippen LogP contribution in [0.25, 0.3) is 0 Å². The van der Waals surface area contributed by atoms with Crippen LogP contribution in [0.1, 0.15) is 471 Å². The van der Waals surface area contributed by atoms with Crippen molar-refractivity contribution in [3.05, 3.63) is 54.4 Å². The number of aliphatic hydroxyl groups excluding tert-OH is 2. The van der Waals surface area contributed by atoms with Gasteiger partial charge in [-0.2, -0.15) is 0 Å². The summed E-state index contributed by atoms with van der Waals surface area (Å²) in [6.45, 7) is 28.2. The first-order chi connectivity index (χ1) is 57.5. The van der Waals surface area contributed by atoms with Crippen LogP contribution in [-0.2, 0) is 23.8 Å². The molecule has 0 amide bonds. The highest BCUT2D eigenvalue weighted by Crippen LogP contribution is 2.32. The minimum Gasteiger partial charge on any atom is -0.465 e. The highest BCUT2D eigenvalue weighted by Gasteiger charge is 2.26. The van der Waals surface area contributed by atoms with Crippen LogP contribution in [0.3, 0.4) is 0 Å². The maximum absolute atomic E-state index is 14.3. The van der Waals surface area contributed by atoms with Gasteiger partial charge in [0.05, 0.1) is 50.5 Å². The molecule has 0 saturated carbocycles. The molecule has 0 spiro atoms. The minimum atomic E-state index is -0.511. The molecule has 7 unspecified atom stereocenters. The first-order valence-electron chi connectivity index (χ1n) is 51.8. The minimum absolute atomic E-state index is 0.00906. The van der Waals surface area contributed by atoms with Gasteiger partial charge in [0.2, 0.25) is 0 Å². The summed E-state index contributed by atoms with van der Waals surface area (Å²) in [7, 11) is 2.21. The number of hydrogen-bond acceptors (Lipinski definition) is 12. The van der Waals surface area contributed by atoms with Crippen molar-refractivity contribution in [1.29, 1.82) is 0 Å². The van der Waals surface area contributed by atoms with Gasteiger partial charge in [-0.25, -0.2) is 0 Å². The number of carbonyl (C=O) groups excluding carboxylic acids is 2. The van der Waals surface area contributed by atoms with E-state index in [4.69, 9.17) is 14.2 Å². The van der Waals surface area contributed by atoms with Gasteiger partial charge < -0.3 is 34.2 Å². The van der Waals surface area contributed by atoms with Gasteiger partial charge in [0.1, 0.15) is 0 Å². The fraction of sp³-hybridized carbons (Fsp3) is 0.895. The Morgan fingerprint density at radius 1 is 0.385 bits per heavy atom. The van der Waals surface area contributed by atoms with E-state index < -0.39 is 6.10 Å². The largest absolute Gasteiger partial charge is 0.465 e. The van der Waals surface area contributed by atoms with Crippen molar-refractivity contribution in [2.45, 2.75) is 472 Å². The smallest absolute Gasteiger partial charge is 0.308 e. The van der Waals surface area contributed by atoms with Crippen LogP contribution in [0, 0.1) is 29.6 Å². The lowest BCUT2D eigenvalue weighted by Crippen LogP contribution is -2.49. The van der Waals surface area contributed by atoms with Crippen LogP contribution in [-0.4, -0.2) is 158 Å². The van der Waals surface area contributed by atoms with Crippen molar-refractivity contribution >= 4 is 11.9 Å². The van der Waals surface area contributed by atoms with Crippen molar-refractivity contribution in [3.63, 3.8) is 0 Å². The average molecular weight is 1640 g/mol. The van der Waals surface area contributed by atoms with Crippen LogP contribution in [0.5, 0.6) is 0 Å². The topological polar surface area (TPSA) is 128 Å². The van der Waals surface area contributed by atoms with Gasteiger partial charge in [0.15, 0.2) is 0 Å². The van der Waals surface area contributed by atoms with Crippen molar-refractivity contribution in [2.24, 2.45) is 29.6 Å². The number of piperazine rings is 1. The predicted molar refractivity (Wildman–Crippen MR) is 506 cm³/mol. The van der Waals surface area contributed by atoms with E-state index in [1.807, 2.05) is 12.1 Å². The fourth-order valence-corrected chi connectivity index (χ4v) is 18.2. The average Bonchev–Trinajstić information content (AvgIpc) is 0.896. The number of likely N-dealkylation sites (N-methyl/N-ethyl adjacent to an activating group) is 1. The van der Waals surface area contributed by atoms with Gasteiger partial charge in [-0.05, 0) is 145 Å².